The smallest absolute Gasteiger partial charge is 0.346 e. The highest BCUT2D eigenvalue weighted by molar-refractivity contribution is 7.12. The Hall–Kier alpha value is -0.910. The number of unbranched alkanes of at least 4 members (excludes halogenated alkanes) is 1. The zero-order valence-corrected chi connectivity index (χ0v) is 10.8. The van der Waals surface area contributed by atoms with E-state index in [1.807, 2.05) is 0 Å². The average molecular weight is 258 g/mol. The van der Waals surface area contributed by atoms with Crippen LogP contribution in [0.2, 0.25) is 0 Å². The predicted molar refractivity (Wildman–Crippen MR) is 66.7 cm³/mol. The fourth-order valence-corrected chi connectivity index (χ4v) is 2.03. The van der Waals surface area contributed by atoms with Gasteiger partial charge in [-0.2, -0.15) is 0 Å². The molecule has 0 aliphatic heterocycles. The van der Waals surface area contributed by atoms with Crippen molar-refractivity contribution in [1.29, 1.82) is 0 Å². The van der Waals surface area contributed by atoms with Crippen molar-refractivity contribution in [3.63, 3.8) is 0 Å². The summed E-state index contributed by atoms with van der Waals surface area (Å²) in [5, 5.41) is 10.6. The van der Waals surface area contributed by atoms with Crippen molar-refractivity contribution < 1.29 is 19.4 Å². The van der Waals surface area contributed by atoms with Gasteiger partial charge in [-0.05, 0) is 17.9 Å². The van der Waals surface area contributed by atoms with Gasteiger partial charge in [0, 0.05) is 12.2 Å². The quantitative estimate of drug-likeness (QED) is 0.692. The number of hydrogen-bond acceptors (Lipinski definition) is 4. The molecule has 96 valence electrons. The summed E-state index contributed by atoms with van der Waals surface area (Å²) in [4.78, 5) is 11.2. The molecule has 1 aromatic rings. The minimum Gasteiger partial charge on any atom is -0.477 e. The van der Waals surface area contributed by atoms with Crippen molar-refractivity contribution in [3.8, 4) is 0 Å². The molecule has 0 saturated heterocycles. The summed E-state index contributed by atoms with van der Waals surface area (Å²) in [5.74, 6) is -0.891. The number of aromatic carboxylic acids is 1. The zero-order valence-electron chi connectivity index (χ0n) is 9.98. The lowest BCUT2D eigenvalue weighted by molar-refractivity contribution is 0.0392. The van der Waals surface area contributed by atoms with Gasteiger partial charge < -0.3 is 14.6 Å². The van der Waals surface area contributed by atoms with Crippen molar-refractivity contribution >= 4 is 17.3 Å². The summed E-state index contributed by atoms with van der Waals surface area (Å²) in [6.07, 6.45) is 2.19. The average Bonchev–Trinajstić information content (AvgIpc) is 2.76. The topological polar surface area (TPSA) is 55.8 Å². The van der Waals surface area contributed by atoms with Gasteiger partial charge in [-0.15, -0.1) is 11.3 Å². The molecule has 0 aromatic carbocycles. The maximum absolute atomic E-state index is 10.8. The number of hydrogen-bond donors (Lipinski definition) is 1. The molecule has 4 nitrogen and oxygen atoms in total. The zero-order chi connectivity index (χ0) is 12.5. The Kier molecular flexibility index (Phi) is 6.84. The third-order valence-electron chi connectivity index (χ3n) is 2.21. The molecular weight excluding hydrogens is 240 g/mol. The van der Waals surface area contributed by atoms with Gasteiger partial charge in [0.2, 0.25) is 0 Å². The normalized spacial score (nSPS) is 10.6. The minimum atomic E-state index is -0.891. The summed E-state index contributed by atoms with van der Waals surface area (Å²) >= 11 is 1.22. The van der Waals surface area contributed by atoms with Crippen LogP contribution in [0.25, 0.3) is 0 Å². The van der Waals surface area contributed by atoms with Crippen molar-refractivity contribution in [2.75, 3.05) is 19.8 Å². The number of thiophene rings is 1. The highest BCUT2D eigenvalue weighted by Crippen LogP contribution is 2.17. The van der Waals surface area contributed by atoms with E-state index in [1.54, 1.807) is 11.4 Å². The van der Waals surface area contributed by atoms with Crippen LogP contribution in [0.5, 0.6) is 0 Å². The highest BCUT2D eigenvalue weighted by atomic mass is 32.1. The van der Waals surface area contributed by atoms with Crippen LogP contribution in [0.15, 0.2) is 11.4 Å². The molecule has 1 rings (SSSR count). The number of carboxylic acid groups (broad SMARTS) is 1. The minimum absolute atomic E-state index is 0.336. The number of carbonyl (C=O) groups is 1. The molecule has 0 spiro atoms. The highest BCUT2D eigenvalue weighted by Gasteiger charge is 2.10. The molecule has 0 fully saturated rings. The first-order chi connectivity index (χ1) is 8.25. The summed E-state index contributed by atoms with van der Waals surface area (Å²) in [5.41, 5.74) is 0.732. The molecular formula is C12H18O4S. The third kappa shape index (κ3) is 5.30. The van der Waals surface area contributed by atoms with E-state index in [1.165, 1.54) is 11.3 Å². The Morgan fingerprint density at radius 3 is 2.82 bits per heavy atom. The molecule has 0 radical (unpaired) electrons. The van der Waals surface area contributed by atoms with E-state index in [0.29, 0.717) is 24.7 Å². The lowest BCUT2D eigenvalue weighted by atomic mass is 10.3. The largest absolute Gasteiger partial charge is 0.477 e. The van der Waals surface area contributed by atoms with E-state index in [0.717, 1.165) is 25.0 Å². The Labute approximate surface area is 105 Å². The molecule has 0 aliphatic rings. The molecule has 0 saturated carbocycles. The second-order valence-corrected chi connectivity index (χ2v) is 4.51. The van der Waals surface area contributed by atoms with Gasteiger partial charge >= 0.3 is 5.97 Å². The standard InChI is InChI=1S/C12H18O4S/c1-2-3-5-15-6-7-16-9-10-4-8-17-11(10)12(13)14/h4,8H,2-3,5-7,9H2,1H3,(H,13,14). The molecule has 0 bridgehead atoms. The van der Waals surface area contributed by atoms with Crippen LogP contribution in [0.4, 0.5) is 0 Å². The van der Waals surface area contributed by atoms with Crippen molar-refractivity contribution in [2.24, 2.45) is 0 Å². The fraction of sp³-hybridized carbons (Fsp3) is 0.583. The lowest BCUT2D eigenvalue weighted by Gasteiger charge is -2.05. The summed E-state index contributed by atoms with van der Waals surface area (Å²) < 4.78 is 10.7. The van der Waals surface area contributed by atoms with Crippen LogP contribution in [0.1, 0.15) is 35.0 Å². The second-order valence-electron chi connectivity index (χ2n) is 3.60. The molecule has 0 atom stereocenters. The van der Waals surface area contributed by atoms with Crippen molar-refractivity contribution in [3.05, 3.63) is 21.9 Å². The van der Waals surface area contributed by atoms with Gasteiger partial charge in [0.05, 0.1) is 19.8 Å². The van der Waals surface area contributed by atoms with Crippen LogP contribution in [-0.4, -0.2) is 30.9 Å². The van der Waals surface area contributed by atoms with Gasteiger partial charge in [0.15, 0.2) is 0 Å². The third-order valence-corrected chi connectivity index (χ3v) is 3.16. The fourth-order valence-electron chi connectivity index (χ4n) is 1.29. The maximum atomic E-state index is 10.8. The number of carboxylic acids is 1. The Balaban J connectivity index is 2.14. The molecule has 0 aliphatic carbocycles. The van der Waals surface area contributed by atoms with Crippen LogP contribution in [0.3, 0.4) is 0 Å². The lowest BCUT2D eigenvalue weighted by Crippen LogP contribution is -2.06. The van der Waals surface area contributed by atoms with E-state index in [9.17, 15) is 4.79 Å². The van der Waals surface area contributed by atoms with Gasteiger partial charge in [-0.25, -0.2) is 4.79 Å². The number of ether oxygens (including phenoxy) is 2. The first-order valence-electron chi connectivity index (χ1n) is 5.70. The van der Waals surface area contributed by atoms with Gasteiger partial charge in [-0.3, -0.25) is 0 Å². The first-order valence-corrected chi connectivity index (χ1v) is 6.58. The molecule has 1 aromatic heterocycles. The predicted octanol–water partition coefficient (Wildman–Crippen LogP) is 2.78. The van der Waals surface area contributed by atoms with E-state index < -0.39 is 5.97 Å². The van der Waals surface area contributed by atoms with Gasteiger partial charge in [0.25, 0.3) is 0 Å². The SMILES string of the molecule is CCCCOCCOCc1ccsc1C(=O)O. The number of rotatable bonds is 9. The molecule has 5 heteroatoms. The van der Waals surface area contributed by atoms with Crippen LogP contribution in [0, 0.1) is 0 Å². The van der Waals surface area contributed by atoms with E-state index in [-0.39, 0.29) is 0 Å². The van der Waals surface area contributed by atoms with Crippen LogP contribution in [-0.2, 0) is 16.1 Å². The molecule has 1 heterocycles. The molecule has 17 heavy (non-hydrogen) atoms. The Bertz CT molecular complexity index is 335. The Morgan fingerprint density at radius 1 is 1.35 bits per heavy atom. The summed E-state index contributed by atoms with van der Waals surface area (Å²) in [7, 11) is 0. The first kappa shape index (κ1) is 14.2. The van der Waals surface area contributed by atoms with Gasteiger partial charge in [0.1, 0.15) is 4.88 Å². The summed E-state index contributed by atoms with van der Waals surface area (Å²) in [6, 6.07) is 1.78. The maximum Gasteiger partial charge on any atom is 0.346 e. The molecule has 0 amide bonds. The van der Waals surface area contributed by atoms with Crippen LogP contribution >= 0.6 is 11.3 Å². The van der Waals surface area contributed by atoms with Gasteiger partial charge in [-0.1, -0.05) is 13.3 Å². The van der Waals surface area contributed by atoms with E-state index >= 15 is 0 Å². The molecule has 1 N–H and O–H groups in total. The summed E-state index contributed by atoms with van der Waals surface area (Å²) in [6.45, 7) is 4.27. The second kappa shape index (κ2) is 8.22. The van der Waals surface area contributed by atoms with Crippen molar-refractivity contribution in [1.82, 2.24) is 0 Å². The monoisotopic (exact) mass is 258 g/mol. The Morgan fingerprint density at radius 2 is 2.12 bits per heavy atom. The van der Waals surface area contributed by atoms with Crippen molar-refractivity contribution in [2.45, 2.75) is 26.4 Å². The van der Waals surface area contributed by atoms with E-state index in [4.69, 9.17) is 14.6 Å². The van der Waals surface area contributed by atoms with E-state index in [2.05, 4.69) is 6.92 Å². The molecule has 0 unspecified atom stereocenters. The van der Waals surface area contributed by atoms with Crippen LogP contribution < -0.4 is 0 Å².